The van der Waals surface area contributed by atoms with Gasteiger partial charge in [-0.15, -0.1) is 11.3 Å². The van der Waals surface area contributed by atoms with Crippen LogP contribution in [0.25, 0.3) is 0 Å². The third kappa shape index (κ3) is 4.76. The zero-order valence-electron chi connectivity index (χ0n) is 14.3. The fourth-order valence-corrected chi connectivity index (χ4v) is 3.79. The van der Waals surface area contributed by atoms with E-state index in [1.54, 1.807) is 11.3 Å². The van der Waals surface area contributed by atoms with Gasteiger partial charge in [0.2, 0.25) is 0 Å². The van der Waals surface area contributed by atoms with Crippen LogP contribution in [0.4, 0.5) is 0 Å². The van der Waals surface area contributed by atoms with Gasteiger partial charge >= 0.3 is 0 Å². The maximum absolute atomic E-state index is 4.79. The van der Waals surface area contributed by atoms with E-state index in [1.807, 2.05) is 0 Å². The molecule has 1 aliphatic rings. The van der Waals surface area contributed by atoms with E-state index in [4.69, 9.17) is 4.98 Å². The van der Waals surface area contributed by atoms with Gasteiger partial charge in [0.25, 0.3) is 0 Å². The lowest BCUT2D eigenvalue weighted by molar-refractivity contribution is 0.235. The molecule has 1 aliphatic heterocycles. The van der Waals surface area contributed by atoms with Gasteiger partial charge in [-0.1, -0.05) is 13.8 Å². The van der Waals surface area contributed by atoms with Crippen LogP contribution in [0, 0.1) is 5.41 Å². The maximum atomic E-state index is 4.79. The summed E-state index contributed by atoms with van der Waals surface area (Å²) < 4.78 is 0. The van der Waals surface area contributed by atoms with Gasteiger partial charge in [-0.05, 0) is 52.0 Å². The Labute approximate surface area is 134 Å². The van der Waals surface area contributed by atoms with Crippen molar-refractivity contribution < 1.29 is 0 Å². The molecule has 1 fully saturated rings. The van der Waals surface area contributed by atoms with Crippen LogP contribution in [-0.4, -0.2) is 28.5 Å². The summed E-state index contributed by atoms with van der Waals surface area (Å²) in [6.07, 6.45) is 3.96. The number of hydrogen-bond acceptors (Lipinski definition) is 4. The van der Waals surface area contributed by atoms with Crippen molar-refractivity contribution in [3.63, 3.8) is 0 Å². The summed E-state index contributed by atoms with van der Waals surface area (Å²) in [6, 6.07) is 0. The topological polar surface area (TPSA) is 28.2 Å². The van der Waals surface area contributed by atoms with Crippen molar-refractivity contribution in [1.29, 1.82) is 0 Å². The van der Waals surface area contributed by atoms with Gasteiger partial charge in [-0.3, -0.25) is 4.90 Å². The highest BCUT2D eigenvalue weighted by atomic mass is 32.1. The van der Waals surface area contributed by atoms with E-state index in [0.29, 0.717) is 5.41 Å². The molecule has 1 aromatic heterocycles. The van der Waals surface area contributed by atoms with Gasteiger partial charge in [-0.2, -0.15) is 0 Å². The highest BCUT2D eigenvalue weighted by Crippen LogP contribution is 2.37. The summed E-state index contributed by atoms with van der Waals surface area (Å²) in [5, 5.41) is 6.95. The Morgan fingerprint density at radius 1 is 1.33 bits per heavy atom. The monoisotopic (exact) mass is 309 g/mol. The second-order valence-corrected chi connectivity index (χ2v) is 8.45. The number of likely N-dealkylation sites (tertiary alicyclic amines) is 1. The van der Waals surface area contributed by atoms with Crippen molar-refractivity contribution in [2.24, 2.45) is 5.41 Å². The summed E-state index contributed by atoms with van der Waals surface area (Å²) in [7, 11) is 0. The molecule has 0 amide bonds. The van der Waals surface area contributed by atoms with Crippen molar-refractivity contribution in [3.8, 4) is 0 Å². The maximum Gasteiger partial charge on any atom is 0.107 e. The zero-order chi connectivity index (χ0) is 15.5. The first-order chi connectivity index (χ1) is 9.86. The van der Waals surface area contributed by atoms with Gasteiger partial charge in [0.1, 0.15) is 5.01 Å². The normalized spacial score (nSPS) is 19.3. The molecule has 0 unspecified atom stereocenters. The van der Waals surface area contributed by atoms with Crippen LogP contribution >= 0.6 is 11.3 Å². The van der Waals surface area contributed by atoms with E-state index in [9.17, 15) is 0 Å². The number of nitrogens with zero attached hydrogens (tertiary/aromatic N) is 2. The summed E-state index contributed by atoms with van der Waals surface area (Å²) in [4.78, 5) is 7.38. The van der Waals surface area contributed by atoms with E-state index in [0.717, 1.165) is 13.1 Å². The molecule has 1 aromatic rings. The molecule has 0 spiro atoms. The Morgan fingerprint density at radius 3 is 2.62 bits per heavy atom. The molecular weight excluding hydrogens is 278 g/mol. The van der Waals surface area contributed by atoms with E-state index in [2.05, 4.69) is 50.2 Å². The number of aromatic nitrogens is 1. The van der Waals surface area contributed by atoms with Gasteiger partial charge in [0, 0.05) is 30.6 Å². The van der Waals surface area contributed by atoms with Gasteiger partial charge in [0.15, 0.2) is 0 Å². The Morgan fingerprint density at radius 2 is 2.05 bits per heavy atom. The summed E-state index contributed by atoms with van der Waals surface area (Å²) in [6.45, 7) is 15.6. The zero-order valence-corrected chi connectivity index (χ0v) is 15.1. The highest BCUT2D eigenvalue weighted by molar-refractivity contribution is 7.09. The smallest absolute Gasteiger partial charge is 0.107 e. The third-order valence-corrected chi connectivity index (χ3v) is 5.67. The Kier molecular flexibility index (Phi) is 5.44. The predicted octanol–water partition coefficient (Wildman–Crippen LogP) is 4.04. The molecule has 0 radical (unpaired) electrons. The number of hydrogen-bond donors (Lipinski definition) is 1. The molecule has 1 N–H and O–H groups in total. The fraction of sp³-hybridized carbons (Fsp3) is 0.824. The molecule has 4 heteroatoms. The molecule has 0 bridgehead atoms. The minimum Gasteiger partial charge on any atom is -0.306 e. The summed E-state index contributed by atoms with van der Waals surface area (Å²) >= 11 is 1.78. The SMILES string of the molecule is CCC1(CC)CCN(Cc2csc(CNC(C)(C)C)n2)C1. The van der Waals surface area contributed by atoms with Crippen LogP contribution in [0.3, 0.4) is 0 Å². The molecule has 3 nitrogen and oxygen atoms in total. The average Bonchev–Trinajstić information content (AvgIpc) is 3.04. The number of rotatable bonds is 6. The van der Waals surface area contributed by atoms with E-state index in [1.165, 1.54) is 43.1 Å². The molecular formula is C17H31N3S. The standard InChI is InChI=1S/C17H31N3S/c1-6-17(7-2)8-9-20(13-17)11-14-12-21-15(19-14)10-18-16(3,4)5/h12,18H,6-11,13H2,1-5H3. The summed E-state index contributed by atoms with van der Waals surface area (Å²) in [5.74, 6) is 0. The van der Waals surface area contributed by atoms with Crippen molar-refractivity contribution in [1.82, 2.24) is 15.2 Å². The first-order valence-corrected chi connectivity index (χ1v) is 9.14. The van der Waals surface area contributed by atoms with Crippen LogP contribution in [-0.2, 0) is 13.1 Å². The lowest BCUT2D eigenvalue weighted by Gasteiger charge is -2.26. The Bertz CT molecular complexity index is 443. The van der Waals surface area contributed by atoms with E-state index >= 15 is 0 Å². The quantitative estimate of drug-likeness (QED) is 0.859. The Hall–Kier alpha value is -0.450. The van der Waals surface area contributed by atoms with Gasteiger partial charge < -0.3 is 5.32 Å². The molecule has 0 atom stereocenters. The molecule has 2 heterocycles. The van der Waals surface area contributed by atoms with Crippen LogP contribution in [0.15, 0.2) is 5.38 Å². The molecule has 0 saturated carbocycles. The second-order valence-electron chi connectivity index (χ2n) is 7.50. The predicted molar refractivity (Wildman–Crippen MR) is 91.6 cm³/mol. The number of thiazole rings is 1. The van der Waals surface area contributed by atoms with E-state index in [-0.39, 0.29) is 5.54 Å². The van der Waals surface area contributed by atoms with Crippen LogP contribution in [0.1, 0.15) is 64.6 Å². The van der Waals surface area contributed by atoms with Crippen LogP contribution in [0.5, 0.6) is 0 Å². The van der Waals surface area contributed by atoms with E-state index < -0.39 is 0 Å². The van der Waals surface area contributed by atoms with Crippen molar-refractivity contribution >= 4 is 11.3 Å². The van der Waals surface area contributed by atoms with Crippen molar-refractivity contribution in [2.45, 2.75) is 72.5 Å². The molecule has 2 rings (SSSR count). The third-order valence-electron chi connectivity index (χ3n) is 4.77. The second kappa shape index (κ2) is 6.76. The lowest BCUT2D eigenvalue weighted by Crippen LogP contribution is -2.35. The molecule has 120 valence electrons. The fourth-order valence-electron chi connectivity index (χ4n) is 3.06. The molecule has 0 aliphatic carbocycles. The highest BCUT2D eigenvalue weighted by Gasteiger charge is 2.34. The first kappa shape index (κ1) is 16.9. The average molecular weight is 310 g/mol. The molecule has 1 saturated heterocycles. The molecule has 21 heavy (non-hydrogen) atoms. The molecule has 0 aromatic carbocycles. The minimum absolute atomic E-state index is 0.155. The minimum atomic E-state index is 0.155. The van der Waals surface area contributed by atoms with Gasteiger partial charge in [-0.25, -0.2) is 4.98 Å². The van der Waals surface area contributed by atoms with Crippen molar-refractivity contribution in [2.75, 3.05) is 13.1 Å². The number of nitrogens with one attached hydrogen (secondary N) is 1. The lowest BCUT2D eigenvalue weighted by atomic mass is 9.82. The Balaban J connectivity index is 1.86. The van der Waals surface area contributed by atoms with Gasteiger partial charge in [0.05, 0.1) is 5.69 Å². The van der Waals surface area contributed by atoms with Crippen LogP contribution in [0.2, 0.25) is 0 Å². The summed E-state index contributed by atoms with van der Waals surface area (Å²) in [5.41, 5.74) is 1.96. The van der Waals surface area contributed by atoms with Crippen molar-refractivity contribution in [3.05, 3.63) is 16.1 Å². The van der Waals surface area contributed by atoms with Crippen LogP contribution < -0.4 is 5.32 Å². The largest absolute Gasteiger partial charge is 0.306 e. The first-order valence-electron chi connectivity index (χ1n) is 8.26.